The Morgan fingerprint density at radius 1 is 1.33 bits per heavy atom. The van der Waals surface area contributed by atoms with Gasteiger partial charge >= 0.3 is 0 Å². The largest absolute Gasteiger partial charge is 0.373 e. The van der Waals surface area contributed by atoms with E-state index in [1.54, 1.807) is 0 Å². The third-order valence-electron chi connectivity index (χ3n) is 2.04. The third-order valence-corrected chi connectivity index (χ3v) is 2.04. The second-order valence-corrected chi connectivity index (χ2v) is 2.90. The molecule has 0 fully saturated rings. The molecule has 64 valence electrons. The van der Waals surface area contributed by atoms with Gasteiger partial charge in [0.2, 0.25) is 0 Å². The highest BCUT2D eigenvalue weighted by Crippen LogP contribution is 2.19. The first-order valence-electron chi connectivity index (χ1n) is 4.06. The number of anilines is 1. The lowest BCUT2D eigenvalue weighted by molar-refractivity contribution is 0.757. The fraction of sp³-hybridized carbons (Fsp3) is 0.500. The first-order valence-corrected chi connectivity index (χ1v) is 4.06. The van der Waals surface area contributed by atoms with Crippen LogP contribution < -0.4 is 10.6 Å². The molecule has 0 aliphatic carbocycles. The summed E-state index contributed by atoms with van der Waals surface area (Å²) in [6.07, 6.45) is 0. The molecule has 1 aromatic rings. The molecule has 0 saturated carbocycles. The van der Waals surface area contributed by atoms with E-state index < -0.39 is 0 Å². The van der Waals surface area contributed by atoms with Crippen LogP contribution in [-0.4, -0.2) is 17.0 Å². The van der Waals surface area contributed by atoms with E-state index in [1.165, 1.54) is 5.56 Å². The van der Waals surface area contributed by atoms with E-state index in [0.717, 1.165) is 30.4 Å². The standard InChI is InChI=1S/C8H12N4/c1-5-11-7-4-10-3-6(7)8(9-2)12-5/h10H,3-4H2,1-2H3,(H,9,11,12). The molecule has 0 saturated heterocycles. The summed E-state index contributed by atoms with van der Waals surface area (Å²) in [7, 11) is 1.89. The number of rotatable bonds is 1. The summed E-state index contributed by atoms with van der Waals surface area (Å²) < 4.78 is 0. The Morgan fingerprint density at radius 2 is 2.17 bits per heavy atom. The highest BCUT2D eigenvalue weighted by atomic mass is 15.1. The van der Waals surface area contributed by atoms with Crippen LogP contribution in [0.4, 0.5) is 5.82 Å². The molecule has 2 heterocycles. The Labute approximate surface area is 71.4 Å². The summed E-state index contributed by atoms with van der Waals surface area (Å²) in [5, 5.41) is 6.32. The van der Waals surface area contributed by atoms with Crippen LogP contribution in [-0.2, 0) is 13.1 Å². The van der Waals surface area contributed by atoms with Gasteiger partial charge in [0, 0.05) is 25.7 Å². The van der Waals surface area contributed by atoms with Crippen LogP contribution in [0.3, 0.4) is 0 Å². The minimum absolute atomic E-state index is 0.835. The smallest absolute Gasteiger partial charge is 0.134 e. The average molecular weight is 164 g/mol. The molecule has 1 aliphatic heterocycles. The zero-order valence-electron chi connectivity index (χ0n) is 7.31. The van der Waals surface area contributed by atoms with E-state index in [-0.39, 0.29) is 0 Å². The Morgan fingerprint density at radius 3 is 2.92 bits per heavy atom. The van der Waals surface area contributed by atoms with Crippen LogP contribution in [0.2, 0.25) is 0 Å². The molecule has 0 unspecified atom stereocenters. The second-order valence-electron chi connectivity index (χ2n) is 2.90. The van der Waals surface area contributed by atoms with Crippen molar-refractivity contribution in [2.45, 2.75) is 20.0 Å². The number of aromatic nitrogens is 2. The number of nitrogens with zero attached hydrogens (tertiary/aromatic N) is 2. The Balaban J connectivity index is 2.55. The minimum Gasteiger partial charge on any atom is -0.373 e. The number of aryl methyl sites for hydroxylation is 1. The van der Waals surface area contributed by atoms with E-state index in [0.29, 0.717) is 0 Å². The van der Waals surface area contributed by atoms with Gasteiger partial charge in [-0.05, 0) is 6.92 Å². The third kappa shape index (κ3) is 1.04. The highest BCUT2D eigenvalue weighted by Gasteiger charge is 2.16. The molecular formula is C8H12N4. The summed E-state index contributed by atoms with van der Waals surface area (Å²) in [4.78, 5) is 8.65. The van der Waals surface area contributed by atoms with Crippen LogP contribution in [0.1, 0.15) is 17.1 Å². The molecule has 1 aromatic heterocycles. The lowest BCUT2D eigenvalue weighted by Crippen LogP contribution is -2.03. The molecular weight excluding hydrogens is 152 g/mol. The Hall–Kier alpha value is -1.16. The van der Waals surface area contributed by atoms with Crippen molar-refractivity contribution in [3.05, 3.63) is 17.1 Å². The first kappa shape index (κ1) is 7.49. The summed E-state index contributed by atoms with van der Waals surface area (Å²) in [6, 6.07) is 0. The van der Waals surface area contributed by atoms with E-state index in [1.807, 2.05) is 14.0 Å². The van der Waals surface area contributed by atoms with Crippen molar-refractivity contribution in [1.82, 2.24) is 15.3 Å². The molecule has 0 spiro atoms. The molecule has 12 heavy (non-hydrogen) atoms. The predicted molar refractivity (Wildman–Crippen MR) is 46.9 cm³/mol. The number of nitrogens with one attached hydrogen (secondary N) is 2. The van der Waals surface area contributed by atoms with Gasteiger partial charge in [-0.25, -0.2) is 9.97 Å². The maximum atomic E-state index is 4.35. The van der Waals surface area contributed by atoms with Crippen LogP contribution in [0.5, 0.6) is 0 Å². The lowest BCUT2D eigenvalue weighted by Gasteiger charge is -2.05. The van der Waals surface area contributed by atoms with Gasteiger partial charge < -0.3 is 10.6 Å². The summed E-state index contributed by atoms with van der Waals surface area (Å²) in [5.41, 5.74) is 2.34. The van der Waals surface area contributed by atoms with Crippen molar-refractivity contribution in [2.75, 3.05) is 12.4 Å². The first-order chi connectivity index (χ1) is 5.81. The lowest BCUT2D eigenvalue weighted by atomic mass is 10.2. The van der Waals surface area contributed by atoms with E-state index in [9.17, 15) is 0 Å². The molecule has 4 nitrogen and oxygen atoms in total. The molecule has 0 atom stereocenters. The molecule has 0 amide bonds. The van der Waals surface area contributed by atoms with Gasteiger partial charge in [-0.2, -0.15) is 0 Å². The highest BCUT2D eigenvalue weighted by molar-refractivity contribution is 5.47. The van der Waals surface area contributed by atoms with Crippen molar-refractivity contribution in [3.8, 4) is 0 Å². The van der Waals surface area contributed by atoms with Gasteiger partial charge in [0.1, 0.15) is 11.6 Å². The molecule has 0 bridgehead atoms. The van der Waals surface area contributed by atoms with Gasteiger partial charge in [-0.15, -0.1) is 0 Å². The van der Waals surface area contributed by atoms with Crippen molar-refractivity contribution in [3.63, 3.8) is 0 Å². The Bertz CT molecular complexity index is 308. The summed E-state index contributed by atoms with van der Waals surface area (Å²) in [5.74, 6) is 1.80. The predicted octanol–water partition coefficient (Wildman–Crippen LogP) is 0.430. The van der Waals surface area contributed by atoms with Crippen molar-refractivity contribution >= 4 is 5.82 Å². The maximum Gasteiger partial charge on any atom is 0.134 e. The molecule has 2 rings (SSSR count). The normalized spacial score (nSPS) is 14.5. The summed E-state index contributed by atoms with van der Waals surface area (Å²) >= 11 is 0. The quantitative estimate of drug-likeness (QED) is 0.632. The average Bonchev–Trinajstić information content (AvgIpc) is 2.50. The molecule has 0 aromatic carbocycles. The minimum atomic E-state index is 0.835. The fourth-order valence-electron chi connectivity index (χ4n) is 1.50. The number of hydrogen-bond donors (Lipinski definition) is 2. The van der Waals surface area contributed by atoms with Crippen LogP contribution >= 0.6 is 0 Å². The molecule has 0 radical (unpaired) electrons. The monoisotopic (exact) mass is 164 g/mol. The Kier molecular flexibility index (Phi) is 1.69. The SMILES string of the molecule is CNc1nc(C)nc2c1CNC2. The molecule has 4 heteroatoms. The molecule has 1 aliphatic rings. The van der Waals surface area contributed by atoms with E-state index >= 15 is 0 Å². The van der Waals surface area contributed by atoms with Gasteiger partial charge in [0.15, 0.2) is 0 Å². The van der Waals surface area contributed by atoms with Gasteiger partial charge in [-0.1, -0.05) is 0 Å². The number of fused-ring (bicyclic) bond motifs is 1. The van der Waals surface area contributed by atoms with Crippen LogP contribution in [0.25, 0.3) is 0 Å². The van der Waals surface area contributed by atoms with E-state index in [4.69, 9.17) is 0 Å². The van der Waals surface area contributed by atoms with Gasteiger partial charge in [0.25, 0.3) is 0 Å². The van der Waals surface area contributed by atoms with Crippen molar-refractivity contribution < 1.29 is 0 Å². The number of hydrogen-bond acceptors (Lipinski definition) is 4. The summed E-state index contributed by atoms with van der Waals surface area (Å²) in [6.45, 7) is 3.67. The van der Waals surface area contributed by atoms with Gasteiger partial charge in [0.05, 0.1) is 5.69 Å². The fourth-order valence-corrected chi connectivity index (χ4v) is 1.50. The molecule has 2 N–H and O–H groups in total. The van der Waals surface area contributed by atoms with Crippen LogP contribution in [0.15, 0.2) is 0 Å². The maximum absolute atomic E-state index is 4.35. The van der Waals surface area contributed by atoms with Crippen molar-refractivity contribution in [1.29, 1.82) is 0 Å². The topological polar surface area (TPSA) is 49.8 Å². The van der Waals surface area contributed by atoms with Gasteiger partial charge in [-0.3, -0.25) is 0 Å². The van der Waals surface area contributed by atoms with Crippen molar-refractivity contribution in [2.24, 2.45) is 0 Å². The van der Waals surface area contributed by atoms with E-state index in [2.05, 4.69) is 20.6 Å². The zero-order valence-corrected chi connectivity index (χ0v) is 7.31. The second kappa shape index (κ2) is 2.71. The van der Waals surface area contributed by atoms with Crippen LogP contribution in [0, 0.1) is 6.92 Å². The zero-order chi connectivity index (χ0) is 8.55.